The second-order valence-electron chi connectivity index (χ2n) is 3.98. The van der Waals surface area contributed by atoms with E-state index in [4.69, 9.17) is 15.7 Å². The van der Waals surface area contributed by atoms with Gasteiger partial charge in [0.15, 0.2) is 5.84 Å². The van der Waals surface area contributed by atoms with E-state index in [9.17, 15) is 0 Å². The average Bonchev–Trinajstić information content (AvgIpc) is 2.67. The Morgan fingerprint density at radius 1 is 1.47 bits per heavy atom. The summed E-state index contributed by atoms with van der Waals surface area (Å²) in [5, 5.41) is 15.8. The zero-order chi connectivity index (χ0) is 14.0. The van der Waals surface area contributed by atoms with E-state index in [0.717, 1.165) is 5.69 Å². The summed E-state index contributed by atoms with van der Waals surface area (Å²) in [6, 6.07) is 7.03. The number of oxime groups is 1. The smallest absolute Gasteiger partial charge is 0.217 e. The molecule has 1 heterocycles. The van der Waals surface area contributed by atoms with Crippen LogP contribution in [0.1, 0.15) is 11.3 Å². The lowest BCUT2D eigenvalue weighted by Crippen LogP contribution is -2.13. The molecule has 0 aliphatic carbocycles. The fourth-order valence-electron chi connectivity index (χ4n) is 1.62. The fraction of sp³-hybridized carbons (Fsp3) is 0.167. The molecule has 6 nitrogen and oxygen atoms in total. The molecule has 100 valence electrons. The highest BCUT2D eigenvalue weighted by atomic mass is 79.9. The average molecular weight is 325 g/mol. The van der Waals surface area contributed by atoms with E-state index in [2.05, 4.69) is 26.2 Å². The first kappa shape index (κ1) is 13.4. The molecule has 0 saturated heterocycles. The van der Waals surface area contributed by atoms with Gasteiger partial charge in [-0.1, -0.05) is 5.16 Å². The normalized spacial score (nSPS) is 11.6. The van der Waals surface area contributed by atoms with Crippen molar-refractivity contribution in [1.29, 1.82) is 0 Å². The molecule has 1 aromatic carbocycles. The third-order valence-electron chi connectivity index (χ3n) is 2.51. The zero-order valence-corrected chi connectivity index (χ0v) is 12.0. The molecule has 0 atom stereocenters. The van der Waals surface area contributed by atoms with Crippen molar-refractivity contribution >= 4 is 21.8 Å². The van der Waals surface area contributed by atoms with Gasteiger partial charge in [0.05, 0.1) is 5.69 Å². The van der Waals surface area contributed by atoms with Crippen molar-refractivity contribution in [2.24, 2.45) is 17.9 Å². The van der Waals surface area contributed by atoms with Crippen LogP contribution in [0.3, 0.4) is 0 Å². The maximum Gasteiger partial charge on any atom is 0.217 e. The quantitative estimate of drug-likeness (QED) is 0.393. The van der Waals surface area contributed by atoms with Gasteiger partial charge in [0.1, 0.15) is 5.75 Å². The van der Waals surface area contributed by atoms with E-state index in [0.29, 0.717) is 21.7 Å². The summed E-state index contributed by atoms with van der Waals surface area (Å²) in [5.41, 5.74) is 7.01. The fourth-order valence-corrected chi connectivity index (χ4v) is 2.18. The van der Waals surface area contributed by atoms with E-state index in [1.165, 1.54) is 0 Å². The lowest BCUT2D eigenvalue weighted by atomic mass is 10.2. The topological polar surface area (TPSA) is 85.7 Å². The lowest BCUT2D eigenvalue weighted by molar-refractivity contribution is 0.318. The van der Waals surface area contributed by atoms with Crippen molar-refractivity contribution in [2.45, 2.75) is 6.92 Å². The summed E-state index contributed by atoms with van der Waals surface area (Å²) in [7, 11) is 1.81. The Labute approximate surface area is 118 Å². The number of rotatable bonds is 3. The van der Waals surface area contributed by atoms with E-state index in [1.807, 2.05) is 20.0 Å². The van der Waals surface area contributed by atoms with Gasteiger partial charge in [0.25, 0.3) is 0 Å². The van der Waals surface area contributed by atoms with Crippen LogP contribution in [0.5, 0.6) is 11.6 Å². The Morgan fingerprint density at radius 2 is 2.21 bits per heavy atom. The Kier molecular flexibility index (Phi) is 3.75. The largest absolute Gasteiger partial charge is 0.439 e. The Balaban J connectivity index is 2.28. The lowest BCUT2D eigenvalue weighted by Gasteiger charge is -2.08. The number of halogens is 1. The second-order valence-corrected chi connectivity index (χ2v) is 4.83. The van der Waals surface area contributed by atoms with Gasteiger partial charge in [-0.25, -0.2) is 4.68 Å². The van der Waals surface area contributed by atoms with Gasteiger partial charge in [0.2, 0.25) is 5.88 Å². The van der Waals surface area contributed by atoms with Gasteiger partial charge in [0, 0.05) is 23.2 Å². The molecule has 0 spiro atoms. The summed E-state index contributed by atoms with van der Waals surface area (Å²) in [6.07, 6.45) is 0. The molecule has 0 amide bonds. The van der Waals surface area contributed by atoms with E-state index in [-0.39, 0.29) is 5.84 Å². The predicted molar refractivity (Wildman–Crippen MR) is 74.7 cm³/mol. The number of ether oxygens (including phenoxy) is 1. The molecule has 3 N–H and O–H groups in total. The number of amidine groups is 1. The van der Waals surface area contributed by atoms with Crippen molar-refractivity contribution in [2.75, 3.05) is 0 Å². The van der Waals surface area contributed by atoms with Crippen LogP contribution in [0.25, 0.3) is 0 Å². The minimum atomic E-state index is 0.0369. The first-order valence-corrected chi connectivity index (χ1v) is 6.26. The molecule has 2 rings (SSSR count). The van der Waals surface area contributed by atoms with Crippen molar-refractivity contribution in [1.82, 2.24) is 9.78 Å². The highest BCUT2D eigenvalue weighted by Crippen LogP contribution is 2.27. The minimum Gasteiger partial charge on any atom is -0.439 e. The van der Waals surface area contributed by atoms with Gasteiger partial charge in [-0.3, -0.25) is 0 Å². The Hall–Kier alpha value is -2.02. The van der Waals surface area contributed by atoms with Gasteiger partial charge >= 0.3 is 0 Å². The number of hydrogen-bond acceptors (Lipinski definition) is 4. The maximum absolute atomic E-state index is 8.66. The molecule has 0 saturated carbocycles. The molecular weight excluding hydrogens is 312 g/mol. The van der Waals surface area contributed by atoms with Crippen molar-refractivity contribution < 1.29 is 9.94 Å². The summed E-state index contributed by atoms with van der Waals surface area (Å²) < 4.78 is 8.04. The molecule has 19 heavy (non-hydrogen) atoms. The summed E-state index contributed by atoms with van der Waals surface area (Å²) in [4.78, 5) is 0. The van der Waals surface area contributed by atoms with Gasteiger partial charge < -0.3 is 15.7 Å². The van der Waals surface area contributed by atoms with E-state index < -0.39 is 0 Å². The molecule has 2 aromatic rings. The molecule has 0 fully saturated rings. The summed E-state index contributed by atoms with van der Waals surface area (Å²) >= 11 is 3.35. The molecule has 7 heteroatoms. The predicted octanol–water partition coefficient (Wildman–Crippen LogP) is 2.38. The maximum atomic E-state index is 8.66. The molecule has 0 radical (unpaired) electrons. The SMILES string of the molecule is Cc1cc(Oc2ccc(/C(N)=N/O)c(Br)c2)n(C)n1. The highest BCUT2D eigenvalue weighted by Gasteiger charge is 2.09. The number of nitrogens with zero attached hydrogens (tertiary/aromatic N) is 3. The van der Waals surface area contributed by atoms with E-state index in [1.54, 1.807) is 22.9 Å². The molecule has 0 bridgehead atoms. The Bertz CT molecular complexity index is 637. The van der Waals surface area contributed by atoms with Crippen LogP contribution < -0.4 is 10.5 Å². The van der Waals surface area contributed by atoms with Crippen molar-refractivity contribution in [3.63, 3.8) is 0 Å². The highest BCUT2D eigenvalue weighted by molar-refractivity contribution is 9.10. The van der Waals surface area contributed by atoms with Crippen LogP contribution in [-0.2, 0) is 7.05 Å². The van der Waals surface area contributed by atoms with Gasteiger partial charge in [-0.15, -0.1) is 0 Å². The monoisotopic (exact) mass is 324 g/mol. The summed E-state index contributed by atoms with van der Waals surface area (Å²) in [5.74, 6) is 1.31. The zero-order valence-electron chi connectivity index (χ0n) is 10.5. The number of aromatic nitrogens is 2. The van der Waals surface area contributed by atoms with Crippen LogP contribution >= 0.6 is 15.9 Å². The third kappa shape index (κ3) is 2.87. The van der Waals surface area contributed by atoms with E-state index >= 15 is 0 Å². The molecule has 0 unspecified atom stereocenters. The number of nitrogens with two attached hydrogens (primary N) is 1. The van der Waals surface area contributed by atoms with Crippen LogP contribution in [0.15, 0.2) is 33.9 Å². The minimum absolute atomic E-state index is 0.0369. The van der Waals surface area contributed by atoms with Gasteiger partial charge in [-0.05, 0) is 41.1 Å². The van der Waals surface area contributed by atoms with Crippen molar-refractivity contribution in [3.05, 3.63) is 40.0 Å². The standard InChI is InChI=1S/C12H13BrN4O2/c1-7-5-11(17(2)15-7)19-8-3-4-9(10(13)6-8)12(14)16-18/h3-6,18H,1-2H3,(H2,14,16). The number of hydrogen-bond donors (Lipinski definition) is 2. The van der Waals surface area contributed by atoms with Crippen LogP contribution in [0.4, 0.5) is 0 Å². The second kappa shape index (κ2) is 5.31. The molecule has 0 aliphatic rings. The first-order chi connectivity index (χ1) is 9.01. The van der Waals surface area contributed by atoms with Crippen molar-refractivity contribution in [3.8, 4) is 11.6 Å². The molecule has 1 aromatic heterocycles. The first-order valence-electron chi connectivity index (χ1n) is 5.47. The summed E-state index contributed by atoms with van der Waals surface area (Å²) in [6.45, 7) is 1.89. The Morgan fingerprint density at radius 3 is 2.74 bits per heavy atom. The number of benzene rings is 1. The van der Waals surface area contributed by atoms with Crippen LogP contribution in [-0.4, -0.2) is 20.8 Å². The number of aryl methyl sites for hydroxylation is 2. The molecular formula is C12H13BrN4O2. The van der Waals surface area contributed by atoms with Crippen LogP contribution in [0.2, 0.25) is 0 Å². The van der Waals surface area contributed by atoms with Gasteiger partial charge in [-0.2, -0.15) is 5.10 Å². The molecule has 0 aliphatic heterocycles. The van der Waals surface area contributed by atoms with Crippen LogP contribution in [0, 0.1) is 6.92 Å². The third-order valence-corrected chi connectivity index (χ3v) is 3.16.